The van der Waals surface area contributed by atoms with E-state index in [0.717, 1.165) is 14.4 Å². The van der Waals surface area contributed by atoms with Gasteiger partial charge >= 0.3 is 5.69 Å². The number of carbonyl (C=O) groups is 1. The Bertz CT molecular complexity index is 1040. The summed E-state index contributed by atoms with van der Waals surface area (Å²) in [7, 11) is 0. The van der Waals surface area contributed by atoms with Crippen LogP contribution in [0.25, 0.3) is 0 Å². The third-order valence-electron chi connectivity index (χ3n) is 4.63. The van der Waals surface area contributed by atoms with E-state index in [1.54, 1.807) is 0 Å². The van der Waals surface area contributed by atoms with E-state index in [-0.39, 0.29) is 11.2 Å². The number of anilines is 1. The van der Waals surface area contributed by atoms with E-state index in [1.165, 1.54) is 11.3 Å². The molecule has 3 N–H and O–H groups in total. The van der Waals surface area contributed by atoms with Crippen LogP contribution in [-0.2, 0) is 4.79 Å². The van der Waals surface area contributed by atoms with Crippen molar-refractivity contribution < 1.29 is 4.79 Å². The summed E-state index contributed by atoms with van der Waals surface area (Å²) < 4.78 is 0.925. The minimum atomic E-state index is -0.562. The second-order valence-corrected chi connectivity index (χ2v) is 9.72. The van der Waals surface area contributed by atoms with Gasteiger partial charge in [0.25, 0.3) is 5.56 Å². The third-order valence-corrected chi connectivity index (χ3v) is 6.32. The molecule has 0 fully saturated rings. The zero-order chi connectivity index (χ0) is 17.9. The van der Waals surface area contributed by atoms with Crippen LogP contribution in [0.5, 0.6) is 0 Å². The molecule has 0 aromatic carbocycles. The number of aromatic nitrogens is 2. The van der Waals surface area contributed by atoms with E-state index in [0.29, 0.717) is 29.8 Å². The number of rotatable bonds is 1. The van der Waals surface area contributed by atoms with E-state index >= 15 is 0 Å². The average molecular weight is 422 g/mol. The van der Waals surface area contributed by atoms with Gasteiger partial charge in [0.15, 0.2) is 5.78 Å². The summed E-state index contributed by atoms with van der Waals surface area (Å²) in [5, 5.41) is 3.15. The standard InChI is InChI=1S/C17H16BrN3O3S/c1-17(2)5-7-11(8(22)6-17)12(9-3-4-10(18)25-9)13-14(19-7)20-16(24)21-15(13)23/h3-4,12H,5-6H2,1-2H3,(H3,19,20,21,23,24). The number of H-pyrrole nitrogens is 2. The van der Waals surface area contributed by atoms with Crippen molar-refractivity contribution in [2.24, 2.45) is 5.41 Å². The molecule has 0 amide bonds. The van der Waals surface area contributed by atoms with Gasteiger partial charge in [-0.2, -0.15) is 0 Å². The molecule has 1 aliphatic heterocycles. The first kappa shape index (κ1) is 16.5. The van der Waals surface area contributed by atoms with Gasteiger partial charge in [0.1, 0.15) is 5.82 Å². The van der Waals surface area contributed by atoms with E-state index < -0.39 is 17.2 Å². The molecular formula is C17H16BrN3O3S. The molecular weight excluding hydrogens is 406 g/mol. The Balaban J connectivity index is 2.01. The third kappa shape index (κ3) is 2.73. The van der Waals surface area contributed by atoms with Gasteiger partial charge in [-0.1, -0.05) is 13.8 Å². The van der Waals surface area contributed by atoms with Crippen molar-refractivity contribution in [1.29, 1.82) is 0 Å². The van der Waals surface area contributed by atoms with Gasteiger partial charge in [-0.05, 0) is 39.9 Å². The first-order valence-electron chi connectivity index (χ1n) is 7.90. The van der Waals surface area contributed by atoms with Gasteiger partial charge in [0, 0.05) is 22.6 Å². The highest BCUT2D eigenvalue weighted by Gasteiger charge is 2.42. The molecule has 6 nitrogen and oxygen atoms in total. The molecule has 4 rings (SSSR count). The molecule has 3 heterocycles. The van der Waals surface area contributed by atoms with Gasteiger partial charge in [0.05, 0.1) is 15.3 Å². The Kier molecular flexibility index (Phi) is 3.66. The van der Waals surface area contributed by atoms with Crippen molar-refractivity contribution in [2.45, 2.75) is 32.6 Å². The summed E-state index contributed by atoms with van der Waals surface area (Å²) in [6.45, 7) is 4.09. The number of fused-ring (bicyclic) bond motifs is 1. The molecule has 130 valence electrons. The highest BCUT2D eigenvalue weighted by atomic mass is 79.9. The summed E-state index contributed by atoms with van der Waals surface area (Å²) in [4.78, 5) is 43.0. The monoisotopic (exact) mass is 421 g/mol. The second-order valence-electron chi connectivity index (χ2n) is 7.23. The second kappa shape index (κ2) is 5.54. The Morgan fingerprint density at radius 3 is 2.60 bits per heavy atom. The molecule has 8 heteroatoms. The fraction of sp³-hybridized carbons (Fsp3) is 0.353. The van der Waals surface area contributed by atoms with Crippen LogP contribution in [0, 0.1) is 5.41 Å². The van der Waals surface area contributed by atoms with Crippen molar-refractivity contribution in [3.8, 4) is 0 Å². The zero-order valence-corrected chi connectivity index (χ0v) is 16.1. The lowest BCUT2D eigenvalue weighted by Gasteiger charge is -2.38. The fourth-order valence-corrected chi connectivity index (χ4v) is 5.26. The molecule has 0 radical (unpaired) electrons. The molecule has 0 spiro atoms. The number of ketones is 1. The molecule has 2 aliphatic rings. The first-order valence-corrected chi connectivity index (χ1v) is 9.51. The van der Waals surface area contributed by atoms with Crippen LogP contribution in [0.3, 0.4) is 0 Å². The summed E-state index contributed by atoms with van der Waals surface area (Å²) >= 11 is 4.93. The minimum Gasteiger partial charge on any atom is -0.344 e. The Labute approximate surface area is 155 Å². The van der Waals surface area contributed by atoms with Crippen molar-refractivity contribution in [2.75, 3.05) is 5.32 Å². The number of Topliss-reactive ketones (excluding diaryl/α,β-unsaturated/α-hetero) is 1. The number of hydrogen-bond donors (Lipinski definition) is 3. The predicted molar refractivity (Wildman–Crippen MR) is 100 cm³/mol. The summed E-state index contributed by atoms with van der Waals surface area (Å²) in [6, 6.07) is 3.82. The molecule has 2 aromatic rings. The first-order chi connectivity index (χ1) is 11.7. The van der Waals surface area contributed by atoms with Crippen LogP contribution in [0.1, 0.15) is 43.0 Å². The maximum Gasteiger partial charge on any atom is 0.327 e. The number of hydrogen-bond acceptors (Lipinski definition) is 5. The lowest BCUT2D eigenvalue weighted by Crippen LogP contribution is -2.38. The van der Waals surface area contributed by atoms with Gasteiger partial charge < -0.3 is 5.32 Å². The highest BCUT2D eigenvalue weighted by Crippen LogP contribution is 2.48. The van der Waals surface area contributed by atoms with Crippen LogP contribution in [0.15, 0.2) is 36.8 Å². The quantitative estimate of drug-likeness (QED) is 0.658. The summed E-state index contributed by atoms with van der Waals surface area (Å²) in [5.41, 5.74) is 0.629. The van der Waals surface area contributed by atoms with Crippen molar-refractivity contribution in [3.05, 3.63) is 58.5 Å². The number of halogens is 1. The number of thiophene rings is 1. The van der Waals surface area contributed by atoms with Gasteiger partial charge in [-0.3, -0.25) is 19.6 Å². The predicted octanol–water partition coefficient (Wildman–Crippen LogP) is 3.09. The van der Waals surface area contributed by atoms with Gasteiger partial charge in [-0.15, -0.1) is 11.3 Å². The van der Waals surface area contributed by atoms with Crippen LogP contribution >= 0.6 is 27.3 Å². The lowest BCUT2D eigenvalue weighted by atomic mass is 9.70. The Morgan fingerprint density at radius 2 is 1.92 bits per heavy atom. The largest absolute Gasteiger partial charge is 0.344 e. The Morgan fingerprint density at radius 1 is 1.16 bits per heavy atom. The number of aromatic amines is 2. The average Bonchev–Trinajstić information content (AvgIpc) is 2.89. The minimum absolute atomic E-state index is 0.0459. The van der Waals surface area contributed by atoms with Crippen LogP contribution < -0.4 is 16.6 Å². The van der Waals surface area contributed by atoms with E-state index in [1.807, 2.05) is 26.0 Å². The molecule has 0 saturated heterocycles. The zero-order valence-electron chi connectivity index (χ0n) is 13.7. The Hall–Kier alpha value is -1.93. The number of nitrogens with one attached hydrogen (secondary N) is 3. The maximum absolute atomic E-state index is 12.9. The maximum atomic E-state index is 12.9. The molecule has 0 saturated carbocycles. The van der Waals surface area contributed by atoms with Gasteiger partial charge in [-0.25, -0.2) is 4.79 Å². The summed E-state index contributed by atoms with van der Waals surface area (Å²) in [6.07, 6.45) is 1.12. The normalized spacial score (nSPS) is 21.6. The number of carbonyl (C=O) groups excluding carboxylic acids is 1. The molecule has 25 heavy (non-hydrogen) atoms. The van der Waals surface area contributed by atoms with Crippen molar-refractivity contribution in [1.82, 2.24) is 9.97 Å². The molecule has 1 atom stereocenters. The van der Waals surface area contributed by atoms with Crippen molar-refractivity contribution in [3.63, 3.8) is 0 Å². The van der Waals surface area contributed by atoms with E-state index in [4.69, 9.17) is 0 Å². The van der Waals surface area contributed by atoms with Crippen molar-refractivity contribution >= 4 is 38.9 Å². The van der Waals surface area contributed by atoms with E-state index in [2.05, 4.69) is 31.2 Å². The lowest BCUT2D eigenvalue weighted by molar-refractivity contribution is -0.118. The SMILES string of the molecule is CC1(C)CC(=O)C2=C(C1)Nc1[nH]c(=O)[nH]c(=O)c1C2c1ccc(Br)s1. The number of allylic oxidation sites excluding steroid dienone is 2. The topological polar surface area (TPSA) is 94.8 Å². The summed E-state index contributed by atoms with van der Waals surface area (Å²) in [5.74, 6) is -0.0382. The highest BCUT2D eigenvalue weighted by molar-refractivity contribution is 9.11. The van der Waals surface area contributed by atoms with Crippen LogP contribution in [-0.4, -0.2) is 15.8 Å². The van der Waals surface area contributed by atoms with E-state index in [9.17, 15) is 14.4 Å². The van der Waals surface area contributed by atoms with Crippen LogP contribution in [0.4, 0.5) is 5.82 Å². The smallest absolute Gasteiger partial charge is 0.327 e. The molecule has 0 bridgehead atoms. The van der Waals surface area contributed by atoms with Crippen LogP contribution in [0.2, 0.25) is 0 Å². The van der Waals surface area contributed by atoms with Gasteiger partial charge in [0.2, 0.25) is 0 Å². The fourth-order valence-electron chi connectivity index (χ4n) is 3.71. The molecule has 2 aromatic heterocycles. The molecule has 1 unspecified atom stereocenters. The molecule has 1 aliphatic carbocycles.